The third kappa shape index (κ3) is 2.30. The van der Waals surface area contributed by atoms with Crippen molar-refractivity contribution in [3.63, 3.8) is 0 Å². The van der Waals surface area contributed by atoms with Crippen molar-refractivity contribution in [3.05, 3.63) is 48.2 Å². The van der Waals surface area contributed by atoms with Crippen molar-refractivity contribution in [2.24, 2.45) is 0 Å². The fourth-order valence-electron chi connectivity index (χ4n) is 2.82. The van der Waals surface area contributed by atoms with Crippen LogP contribution >= 0.6 is 0 Å². The third-order valence-corrected chi connectivity index (χ3v) is 3.91. The quantitative estimate of drug-likeness (QED) is 0.805. The molecule has 6 heteroatoms. The topological polar surface area (TPSA) is 73.2 Å². The van der Waals surface area contributed by atoms with Crippen molar-refractivity contribution in [3.8, 4) is 0 Å². The van der Waals surface area contributed by atoms with Gasteiger partial charge in [-0.05, 0) is 25.5 Å². The maximum absolute atomic E-state index is 6.15. The fourth-order valence-corrected chi connectivity index (χ4v) is 2.82. The minimum atomic E-state index is -0.973. The lowest BCUT2D eigenvalue weighted by Crippen LogP contribution is -2.43. The number of aromatic nitrogens is 3. The molecule has 2 atom stereocenters. The van der Waals surface area contributed by atoms with Crippen LogP contribution in [0.2, 0.25) is 0 Å². The predicted octanol–water partition coefficient (Wildman–Crippen LogP) is 2.77. The van der Waals surface area contributed by atoms with Crippen molar-refractivity contribution in [2.75, 3.05) is 6.61 Å². The van der Waals surface area contributed by atoms with Gasteiger partial charge in [0.15, 0.2) is 11.6 Å². The second-order valence-electron chi connectivity index (χ2n) is 5.56. The highest BCUT2D eigenvalue weighted by Crippen LogP contribution is 2.38. The zero-order valence-electron chi connectivity index (χ0n) is 12.3. The molecule has 1 aliphatic rings. The van der Waals surface area contributed by atoms with Crippen LogP contribution in [-0.4, -0.2) is 27.9 Å². The summed E-state index contributed by atoms with van der Waals surface area (Å²) in [4.78, 5) is 4.19. The van der Waals surface area contributed by atoms with Crippen LogP contribution in [0.1, 0.15) is 24.9 Å². The Hall–Kier alpha value is -2.18. The highest BCUT2D eigenvalue weighted by Gasteiger charge is 2.43. The molecule has 0 saturated carbocycles. The van der Waals surface area contributed by atoms with E-state index in [2.05, 4.69) is 15.2 Å². The van der Waals surface area contributed by atoms with Crippen molar-refractivity contribution in [1.82, 2.24) is 15.2 Å². The van der Waals surface area contributed by atoms with E-state index in [4.69, 9.17) is 13.9 Å². The molecule has 2 unspecified atom stereocenters. The minimum Gasteiger partial charge on any atom is -0.455 e. The Bertz CT molecular complexity index is 735. The lowest BCUT2D eigenvalue weighted by atomic mass is 10.1. The molecule has 0 spiro atoms. The van der Waals surface area contributed by atoms with Gasteiger partial charge in [0.05, 0.1) is 19.1 Å². The molecule has 4 rings (SSSR count). The first-order valence-electron chi connectivity index (χ1n) is 7.41. The minimum absolute atomic E-state index is 0.0842. The number of rotatable bonds is 3. The zero-order chi connectivity index (χ0) is 15.0. The Kier molecular flexibility index (Phi) is 3.20. The second-order valence-corrected chi connectivity index (χ2v) is 5.56. The van der Waals surface area contributed by atoms with E-state index in [1.807, 2.05) is 37.3 Å². The maximum Gasteiger partial charge on any atom is 0.236 e. The van der Waals surface area contributed by atoms with Gasteiger partial charge < -0.3 is 13.9 Å². The van der Waals surface area contributed by atoms with E-state index in [9.17, 15) is 0 Å². The number of fused-ring (bicyclic) bond motifs is 1. The van der Waals surface area contributed by atoms with Gasteiger partial charge in [0, 0.05) is 5.39 Å². The van der Waals surface area contributed by atoms with Crippen LogP contribution in [0.25, 0.3) is 11.0 Å². The Morgan fingerprint density at radius 2 is 2.27 bits per heavy atom. The van der Waals surface area contributed by atoms with Gasteiger partial charge in [0.1, 0.15) is 11.9 Å². The largest absolute Gasteiger partial charge is 0.455 e. The molecular weight excluding hydrogens is 282 g/mol. The fraction of sp³-hybridized carbons (Fsp3) is 0.375. The first-order chi connectivity index (χ1) is 10.8. The van der Waals surface area contributed by atoms with Crippen molar-refractivity contribution < 1.29 is 13.9 Å². The number of nitrogens with zero attached hydrogens (tertiary/aromatic N) is 2. The highest BCUT2D eigenvalue weighted by atomic mass is 16.7. The molecule has 6 nitrogen and oxygen atoms in total. The SMILES string of the molecule is CC1CCOC(Cc2nc[nH]n2)(c2cc3ccccc3o2)O1. The van der Waals surface area contributed by atoms with Crippen molar-refractivity contribution in [2.45, 2.75) is 31.7 Å². The van der Waals surface area contributed by atoms with E-state index < -0.39 is 5.79 Å². The van der Waals surface area contributed by atoms with E-state index in [1.54, 1.807) is 6.33 Å². The maximum atomic E-state index is 6.15. The van der Waals surface area contributed by atoms with Crippen LogP contribution in [0.3, 0.4) is 0 Å². The summed E-state index contributed by atoms with van der Waals surface area (Å²) in [5.41, 5.74) is 0.817. The van der Waals surface area contributed by atoms with E-state index in [-0.39, 0.29) is 6.10 Å². The summed E-state index contributed by atoms with van der Waals surface area (Å²) < 4.78 is 18.2. The van der Waals surface area contributed by atoms with Crippen LogP contribution in [-0.2, 0) is 21.7 Å². The van der Waals surface area contributed by atoms with Crippen LogP contribution in [0.5, 0.6) is 0 Å². The standard InChI is InChI=1S/C16H17N3O3/c1-11-6-7-20-16(22-11,9-15-17-10-18-19-15)14-8-12-4-2-3-5-13(12)21-14/h2-5,8,10-11H,6-7,9H2,1H3,(H,17,18,19). The van der Waals surface area contributed by atoms with E-state index in [1.165, 1.54) is 0 Å². The number of benzene rings is 1. The van der Waals surface area contributed by atoms with Crippen LogP contribution in [0.15, 0.2) is 41.1 Å². The first kappa shape index (κ1) is 13.5. The Morgan fingerprint density at radius 3 is 3.05 bits per heavy atom. The van der Waals surface area contributed by atoms with Crippen LogP contribution in [0.4, 0.5) is 0 Å². The average molecular weight is 299 g/mol. The van der Waals surface area contributed by atoms with Crippen LogP contribution in [0, 0.1) is 0 Å². The van der Waals surface area contributed by atoms with Gasteiger partial charge in [0.25, 0.3) is 0 Å². The molecule has 1 saturated heterocycles. The van der Waals surface area contributed by atoms with Gasteiger partial charge in [-0.15, -0.1) is 0 Å². The molecule has 0 radical (unpaired) electrons. The van der Waals surface area contributed by atoms with Crippen molar-refractivity contribution in [1.29, 1.82) is 0 Å². The number of hydrogen-bond acceptors (Lipinski definition) is 5. The van der Waals surface area contributed by atoms with Crippen LogP contribution < -0.4 is 0 Å². The summed E-state index contributed by atoms with van der Waals surface area (Å²) in [5, 5.41) is 7.87. The molecule has 1 aromatic carbocycles. The molecule has 3 aromatic rings. The molecule has 3 heterocycles. The van der Waals surface area contributed by atoms with Crippen molar-refractivity contribution >= 4 is 11.0 Å². The molecule has 1 aliphatic heterocycles. The van der Waals surface area contributed by atoms with Gasteiger partial charge in [-0.1, -0.05) is 18.2 Å². The molecule has 1 N–H and O–H groups in total. The van der Waals surface area contributed by atoms with Gasteiger partial charge in [-0.25, -0.2) is 4.98 Å². The zero-order valence-corrected chi connectivity index (χ0v) is 12.3. The predicted molar refractivity (Wildman–Crippen MR) is 79.1 cm³/mol. The number of hydrogen-bond donors (Lipinski definition) is 1. The lowest BCUT2D eigenvalue weighted by Gasteiger charge is -2.38. The average Bonchev–Trinajstić information content (AvgIpc) is 3.16. The second kappa shape index (κ2) is 5.23. The molecule has 0 amide bonds. The van der Waals surface area contributed by atoms with Gasteiger partial charge in [-0.3, -0.25) is 5.10 Å². The summed E-state index contributed by atoms with van der Waals surface area (Å²) in [7, 11) is 0. The molecular formula is C16H17N3O3. The summed E-state index contributed by atoms with van der Waals surface area (Å²) in [5.74, 6) is 0.318. The van der Waals surface area contributed by atoms with Gasteiger partial charge >= 0.3 is 0 Å². The first-order valence-corrected chi connectivity index (χ1v) is 7.41. The third-order valence-electron chi connectivity index (χ3n) is 3.91. The molecule has 1 fully saturated rings. The number of para-hydroxylation sites is 1. The number of ether oxygens (including phenoxy) is 2. The molecule has 0 aliphatic carbocycles. The summed E-state index contributed by atoms with van der Waals surface area (Å²) in [6.07, 6.45) is 2.89. The summed E-state index contributed by atoms with van der Waals surface area (Å²) in [6, 6.07) is 9.85. The number of nitrogens with one attached hydrogen (secondary N) is 1. The van der Waals surface area contributed by atoms with Gasteiger partial charge in [-0.2, -0.15) is 5.10 Å². The Balaban J connectivity index is 1.78. The summed E-state index contributed by atoms with van der Waals surface area (Å²) in [6.45, 7) is 2.65. The number of H-pyrrole nitrogens is 1. The number of aromatic amines is 1. The Morgan fingerprint density at radius 1 is 1.36 bits per heavy atom. The molecule has 0 bridgehead atoms. The highest BCUT2D eigenvalue weighted by molar-refractivity contribution is 5.77. The molecule has 2 aromatic heterocycles. The summed E-state index contributed by atoms with van der Waals surface area (Å²) >= 11 is 0. The normalized spacial score (nSPS) is 25.6. The lowest BCUT2D eigenvalue weighted by molar-refractivity contribution is -0.306. The molecule has 22 heavy (non-hydrogen) atoms. The van der Waals surface area contributed by atoms with E-state index in [0.29, 0.717) is 24.6 Å². The monoisotopic (exact) mass is 299 g/mol. The van der Waals surface area contributed by atoms with Gasteiger partial charge in [0.2, 0.25) is 5.79 Å². The molecule has 114 valence electrons. The number of furan rings is 1. The smallest absolute Gasteiger partial charge is 0.236 e. The van der Waals surface area contributed by atoms with E-state index >= 15 is 0 Å². The Labute approximate surface area is 127 Å². The van der Waals surface area contributed by atoms with E-state index in [0.717, 1.165) is 17.4 Å².